The first kappa shape index (κ1) is 22.4. The van der Waals surface area contributed by atoms with Crippen molar-refractivity contribution in [3.05, 3.63) is 71.8 Å². The summed E-state index contributed by atoms with van der Waals surface area (Å²) in [5.74, 6) is 0.373. The molecule has 30 heavy (non-hydrogen) atoms. The van der Waals surface area contributed by atoms with E-state index in [1.54, 1.807) is 0 Å². The van der Waals surface area contributed by atoms with Gasteiger partial charge in [-0.25, -0.2) is 0 Å². The fourth-order valence-corrected chi connectivity index (χ4v) is 4.34. The minimum Gasteiger partial charge on any atom is -0.352 e. The maximum Gasteiger partial charge on any atom is 0.240 e. The number of benzene rings is 2. The van der Waals surface area contributed by atoms with E-state index in [-0.39, 0.29) is 17.2 Å². The summed E-state index contributed by atoms with van der Waals surface area (Å²) < 4.78 is 0. The Labute approximate surface area is 184 Å². The molecule has 0 bridgehead atoms. The highest BCUT2D eigenvalue weighted by Crippen LogP contribution is 2.39. The number of rotatable bonds is 8. The second-order valence-corrected chi connectivity index (χ2v) is 8.39. The molecule has 0 radical (unpaired) electrons. The van der Waals surface area contributed by atoms with Crippen molar-refractivity contribution in [2.45, 2.75) is 43.7 Å². The van der Waals surface area contributed by atoms with E-state index in [9.17, 15) is 9.59 Å². The number of hydrogen-bond acceptors (Lipinski definition) is 4. The summed E-state index contributed by atoms with van der Waals surface area (Å²) in [4.78, 5) is 26.8. The molecule has 3 N–H and O–H groups in total. The molecule has 1 atom stereocenters. The van der Waals surface area contributed by atoms with Crippen molar-refractivity contribution in [1.29, 1.82) is 0 Å². The Morgan fingerprint density at radius 1 is 1.03 bits per heavy atom. The molecule has 1 saturated heterocycles. The van der Waals surface area contributed by atoms with Gasteiger partial charge >= 0.3 is 0 Å². The number of nitrogens with zero attached hydrogens (tertiary/aromatic N) is 1. The molecule has 6 heteroatoms. The van der Waals surface area contributed by atoms with Crippen molar-refractivity contribution >= 4 is 24.4 Å². The van der Waals surface area contributed by atoms with Crippen LogP contribution in [0, 0.1) is 0 Å². The maximum atomic E-state index is 12.5. The first-order valence-corrected chi connectivity index (χ1v) is 11.2. The minimum absolute atomic E-state index is 0.0349. The third-order valence-electron chi connectivity index (χ3n) is 6.10. The molecular formula is C24H31N3O2S. The second-order valence-electron chi connectivity index (χ2n) is 8.02. The van der Waals surface area contributed by atoms with Gasteiger partial charge in [-0.3, -0.25) is 9.59 Å². The van der Waals surface area contributed by atoms with Gasteiger partial charge < -0.3 is 16.0 Å². The Morgan fingerprint density at radius 2 is 1.63 bits per heavy atom. The van der Waals surface area contributed by atoms with E-state index in [1.165, 1.54) is 5.56 Å². The van der Waals surface area contributed by atoms with Crippen molar-refractivity contribution in [2.24, 2.45) is 5.73 Å². The molecule has 0 aliphatic carbocycles. The van der Waals surface area contributed by atoms with Gasteiger partial charge in [0.1, 0.15) is 0 Å². The van der Waals surface area contributed by atoms with E-state index >= 15 is 0 Å². The topological polar surface area (TPSA) is 75.4 Å². The number of carbonyl (C=O) groups excluding carboxylic acids is 2. The van der Waals surface area contributed by atoms with Crippen LogP contribution in [0.25, 0.3) is 0 Å². The lowest BCUT2D eigenvalue weighted by atomic mass is 9.69. The van der Waals surface area contributed by atoms with Crippen LogP contribution >= 0.6 is 12.6 Å². The minimum atomic E-state index is -0.554. The van der Waals surface area contributed by atoms with Gasteiger partial charge in [-0.05, 0) is 35.8 Å². The molecule has 0 aromatic heterocycles. The highest BCUT2D eigenvalue weighted by atomic mass is 32.1. The summed E-state index contributed by atoms with van der Waals surface area (Å²) in [6, 6.07) is 19.7. The van der Waals surface area contributed by atoms with Crippen LogP contribution in [0.3, 0.4) is 0 Å². The number of amides is 2. The van der Waals surface area contributed by atoms with Crippen molar-refractivity contribution in [2.75, 3.05) is 18.8 Å². The number of nitrogens with two attached hydrogens (primary N) is 1. The molecule has 1 fully saturated rings. The monoisotopic (exact) mass is 425 g/mol. The van der Waals surface area contributed by atoms with E-state index in [4.69, 9.17) is 5.73 Å². The summed E-state index contributed by atoms with van der Waals surface area (Å²) >= 11 is 4.15. The average Bonchev–Trinajstić information content (AvgIpc) is 2.82. The first-order valence-electron chi connectivity index (χ1n) is 10.6. The van der Waals surface area contributed by atoms with Crippen LogP contribution in [0.1, 0.15) is 36.8 Å². The first-order chi connectivity index (χ1) is 14.5. The smallest absolute Gasteiger partial charge is 0.240 e. The van der Waals surface area contributed by atoms with Crippen LogP contribution in [0.5, 0.6) is 0 Å². The summed E-state index contributed by atoms with van der Waals surface area (Å²) in [6.07, 6.45) is 2.88. The van der Waals surface area contributed by atoms with E-state index in [0.717, 1.165) is 24.8 Å². The molecular weight excluding hydrogens is 394 g/mol. The summed E-state index contributed by atoms with van der Waals surface area (Å²) in [6.45, 7) is 1.85. The van der Waals surface area contributed by atoms with Gasteiger partial charge in [0.15, 0.2) is 0 Å². The highest BCUT2D eigenvalue weighted by molar-refractivity contribution is 7.80. The lowest BCUT2D eigenvalue weighted by Crippen LogP contribution is -2.51. The molecule has 1 aliphatic heterocycles. The zero-order chi connectivity index (χ0) is 21.4. The average molecular weight is 426 g/mol. The van der Waals surface area contributed by atoms with Crippen LogP contribution < -0.4 is 11.1 Å². The van der Waals surface area contributed by atoms with E-state index in [0.29, 0.717) is 31.8 Å². The molecule has 1 aliphatic rings. The van der Waals surface area contributed by atoms with Crippen LogP contribution in [0.2, 0.25) is 0 Å². The Kier molecular flexibility index (Phi) is 7.94. The normalized spacial score (nSPS) is 16.7. The molecule has 2 amide bonds. The molecule has 160 valence electrons. The molecule has 3 rings (SSSR count). The number of carbonyl (C=O) groups is 2. The lowest BCUT2D eigenvalue weighted by Gasteiger charge is -2.43. The Morgan fingerprint density at radius 3 is 2.23 bits per heavy atom. The quantitative estimate of drug-likeness (QED) is 0.569. The Balaban J connectivity index is 1.62. The van der Waals surface area contributed by atoms with Crippen molar-refractivity contribution < 1.29 is 9.59 Å². The molecule has 1 heterocycles. The number of nitrogens with one attached hydrogen (secondary N) is 1. The fourth-order valence-electron chi connectivity index (χ4n) is 4.18. The molecule has 5 nitrogen and oxygen atoms in total. The van der Waals surface area contributed by atoms with Crippen molar-refractivity contribution in [3.63, 3.8) is 0 Å². The van der Waals surface area contributed by atoms with Crippen LogP contribution in [-0.2, 0) is 21.5 Å². The summed E-state index contributed by atoms with van der Waals surface area (Å²) in [5.41, 5.74) is 8.12. The summed E-state index contributed by atoms with van der Waals surface area (Å²) in [5, 5.41) is 3.03. The zero-order valence-corrected chi connectivity index (χ0v) is 18.2. The predicted octanol–water partition coefficient (Wildman–Crippen LogP) is 2.90. The number of piperidine rings is 1. The summed E-state index contributed by atoms with van der Waals surface area (Å²) in [7, 11) is 0. The fraction of sp³-hybridized carbons (Fsp3) is 0.417. The highest BCUT2D eigenvalue weighted by Gasteiger charge is 2.38. The number of likely N-dealkylation sites (tertiary alicyclic amines) is 1. The van der Waals surface area contributed by atoms with Crippen LogP contribution in [0.15, 0.2) is 60.7 Å². The molecule has 0 saturated carbocycles. The predicted molar refractivity (Wildman–Crippen MR) is 123 cm³/mol. The number of thiol groups is 1. The lowest BCUT2D eigenvalue weighted by molar-refractivity contribution is -0.134. The molecule has 2 aromatic rings. The van der Waals surface area contributed by atoms with Gasteiger partial charge in [0.25, 0.3) is 0 Å². The van der Waals surface area contributed by atoms with Gasteiger partial charge in [-0.1, -0.05) is 60.7 Å². The van der Waals surface area contributed by atoms with Crippen molar-refractivity contribution in [3.8, 4) is 0 Å². The van der Waals surface area contributed by atoms with Gasteiger partial charge in [-0.15, -0.1) is 0 Å². The van der Waals surface area contributed by atoms with Crippen molar-refractivity contribution in [1.82, 2.24) is 10.2 Å². The van der Waals surface area contributed by atoms with Gasteiger partial charge in [-0.2, -0.15) is 12.6 Å². The SMILES string of the molecule is N[C@@H](CS)C(=O)N1CCC(CCC(=O)NCc2ccccc2)(c2ccccc2)CC1. The van der Waals surface area contributed by atoms with E-state index in [2.05, 4.69) is 30.1 Å². The Hall–Kier alpha value is -2.31. The van der Waals surface area contributed by atoms with E-state index < -0.39 is 6.04 Å². The standard InChI is InChI=1S/C24H31N3O2S/c25-21(18-30)23(29)27-15-13-24(14-16-27,20-9-5-2-6-10-20)12-11-22(28)26-17-19-7-3-1-4-8-19/h1-10,21,30H,11-18,25H2,(H,26,28)/t21-/m0/s1. The maximum absolute atomic E-state index is 12.5. The molecule has 0 unspecified atom stereocenters. The number of hydrogen-bond donors (Lipinski definition) is 3. The zero-order valence-electron chi connectivity index (χ0n) is 17.3. The van der Waals surface area contributed by atoms with Crippen LogP contribution in [-0.4, -0.2) is 41.6 Å². The second kappa shape index (κ2) is 10.6. The van der Waals surface area contributed by atoms with Crippen LogP contribution in [0.4, 0.5) is 0 Å². The van der Waals surface area contributed by atoms with Gasteiger partial charge in [0.05, 0.1) is 6.04 Å². The largest absolute Gasteiger partial charge is 0.352 e. The third-order valence-corrected chi connectivity index (χ3v) is 6.49. The Bertz CT molecular complexity index is 821. The molecule has 2 aromatic carbocycles. The van der Waals surface area contributed by atoms with Gasteiger partial charge in [0, 0.05) is 31.8 Å². The van der Waals surface area contributed by atoms with Gasteiger partial charge in [0.2, 0.25) is 11.8 Å². The third kappa shape index (κ3) is 5.64. The molecule has 0 spiro atoms. The van der Waals surface area contributed by atoms with E-state index in [1.807, 2.05) is 53.4 Å².